The van der Waals surface area contributed by atoms with Crippen molar-refractivity contribution in [2.75, 3.05) is 31.9 Å². The van der Waals surface area contributed by atoms with Crippen molar-refractivity contribution in [1.29, 1.82) is 0 Å². The molecule has 1 spiro atoms. The molecule has 0 aromatic rings. The van der Waals surface area contributed by atoms with E-state index in [1.54, 1.807) is 0 Å². The van der Waals surface area contributed by atoms with Gasteiger partial charge >= 0.3 is 0 Å². The van der Waals surface area contributed by atoms with Gasteiger partial charge in [-0.2, -0.15) is 0 Å². The standard InChI is InChI=1S/C16H29N3S/c1-3-19-9-6-14(11-19)10-17-15-18-16(12-20-15)7-4-13(2)5-8-16/h13-14H,3-12H2,1-2H3,(H,17,18). The molecule has 0 bridgehead atoms. The number of likely N-dealkylation sites (tertiary alicyclic amines) is 1. The second-order valence-corrected chi connectivity index (χ2v) is 8.03. The SMILES string of the molecule is CCN1CCC(CN=C2NC3(CCC(C)CC3)CS2)C1. The summed E-state index contributed by atoms with van der Waals surface area (Å²) in [6.07, 6.45) is 6.78. The van der Waals surface area contributed by atoms with Crippen LogP contribution in [0, 0.1) is 11.8 Å². The monoisotopic (exact) mass is 295 g/mol. The highest BCUT2D eigenvalue weighted by molar-refractivity contribution is 8.14. The molecule has 3 nitrogen and oxygen atoms in total. The quantitative estimate of drug-likeness (QED) is 0.867. The number of thioether (sulfide) groups is 1. The van der Waals surface area contributed by atoms with Gasteiger partial charge in [0.1, 0.15) is 0 Å². The second-order valence-electron chi connectivity index (χ2n) is 7.07. The lowest BCUT2D eigenvalue weighted by Crippen LogP contribution is -2.46. The van der Waals surface area contributed by atoms with E-state index in [2.05, 4.69) is 24.1 Å². The van der Waals surface area contributed by atoms with Crippen molar-refractivity contribution in [1.82, 2.24) is 10.2 Å². The first-order valence-corrected chi connectivity index (χ1v) is 9.35. The first kappa shape index (κ1) is 14.7. The minimum atomic E-state index is 0.390. The molecular weight excluding hydrogens is 266 g/mol. The molecule has 3 aliphatic rings. The Labute approximate surface area is 128 Å². The van der Waals surface area contributed by atoms with Crippen molar-refractivity contribution in [3.8, 4) is 0 Å². The third-order valence-corrected chi connectivity index (χ3v) is 6.60. The maximum atomic E-state index is 4.88. The molecule has 20 heavy (non-hydrogen) atoms. The fourth-order valence-corrected chi connectivity index (χ4v) is 4.96. The Morgan fingerprint density at radius 2 is 2.15 bits per heavy atom. The Hall–Kier alpha value is -0.220. The zero-order valence-corrected chi connectivity index (χ0v) is 13.8. The molecule has 1 unspecified atom stereocenters. The molecule has 0 aromatic carbocycles. The maximum Gasteiger partial charge on any atom is 0.157 e. The van der Waals surface area contributed by atoms with Gasteiger partial charge in [-0.3, -0.25) is 4.99 Å². The molecule has 0 amide bonds. The average molecular weight is 295 g/mol. The number of aliphatic imine (C=N–C) groups is 1. The van der Waals surface area contributed by atoms with Crippen molar-refractivity contribution in [2.24, 2.45) is 16.8 Å². The van der Waals surface area contributed by atoms with E-state index in [-0.39, 0.29) is 0 Å². The molecule has 1 atom stereocenters. The summed E-state index contributed by atoms with van der Waals surface area (Å²) in [5, 5.41) is 5.01. The maximum absolute atomic E-state index is 4.88. The van der Waals surface area contributed by atoms with Crippen LogP contribution < -0.4 is 5.32 Å². The molecule has 3 rings (SSSR count). The zero-order valence-electron chi connectivity index (χ0n) is 13.0. The number of amidine groups is 1. The summed E-state index contributed by atoms with van der Waals surface area (Å²) in [5.41, 5.74) is 0.390. The van der Waals surface area contributed by atoms with E-state index in [4.69, 9.17) is 4.99 Å². The number of nitrogens with one attached hydrogen (secondary N) is 1. The smallest absolute Gasteiger partial charge is 0.157 e. The van der Waals surface area contributed by atoms with Crippen LogP contribution in [-0.4, -0.2) is 47.5 Å². The molecule has 0 aromatic heterocycles. The number of hydrogen-bond acceptors (Lipinski definition) is 3. The van der Waals surface area contributed by atoms with Gasteiger partial charge in [0.15, 0.2) is 5.17 Å². The van der Waals surface area contributed by atoms with Crippen LogP contribution in [0.4, 0.5) is 0 Å². The van der Waals surface area contributed by atoms with Crippen LogP contribution in [0.25, 0.3) is 0 Å². The number of nitrogens with zero attached hydrogens (tertiary/aromatic N) is 2. The third-order valence-electron chi connectivity index (χ3n) is 5.40. The van der Waals surface area contributed by atoms with Gasteiger partial charge in [-0.05, 0) is 57.0 Å². The van der Waals surface area contributed by atoms with Gasteiger partial charge in [0.05, 0.1) is 0 Å². The Morgan fingerprint density at radius 1 is 1.35 bits per heavy atom. The van der Waals surface area contributed by atoms with E-state index >= 15 is 0 Å². The molecule has 3 fully saturated rings. The lowest BCUT2D eigenvalue weighted by Gasteiger charge is -2.35. The molecule has 1 saturated carbocycles. The van der Waals surface area contributed by atoms with Gasteiger partial charge in [-0.25, -0.2) is 0 Å². The fourth-order valence-electron chi connectivity index (χ4n) is 3.74. The van der Waals surface area contributed by atoms with Gasteiger partial charge in [-0.1, -0.05) is 25.6 Å². The van der Waals surface area contributed by atoms with Gasteiger partial charge in [0.2, 0.25) is 0 Å². The molecule has 2 saturated heterocycles. The van der Waals surface area contributed by atoms with Crippen molar-refractivity contribution >= 4 is 16.9 Å². The van der Waals surface area contributed by atoms with Gasteiger partial charge < -0.3 is 10.2 Å². The second kappa shape index (κ2) is 6.27. The Kier molecular flexibility index (Phi) is 4.61. The molecule has 2 aliphatic heterocycles. The summed E-state index contributed by atoms with van der Waals surface area (Å²) in [7, 11) is 0. The van der Waals surface area contributed by atoms with Gasteiger partial charge in [0.25, 0.3) is 0 Å². The molecule has 1 N–H and O–H groups in total. The third kappa shape index (κ3) is 3.33. The molecular formula is C16H29N3S. The molecule has 4 heteroatoms. The summed E-state index contributed by atoms with van der Waals surface area (Å²) >= 11 is 1.96. The number of rotatable bonds is 3. The van der Waals surface area contributed by atoms with Gasteiger partial charge in [-0.15, -0.1) is 0 Å². The minimum Gasteiger partial charge on any atom is -0.359 e. The highest BCUT2D eigenvalue weighted by atomic mass is 32.2. The highest BCUT2D eigenvalue weighted by Crippen LogP contribution is 2.38. The van der Waals surface area contributed by atoms with E-state index in [0.29, 0.717) is 5.54 Å². The van der Waals surface area contributed by atoms with Crippen LogP contribution in [0.1, 0.15) is 46.0 Å². The number of hydrogen-bond donors (Lipinski definition) is 1. The topological polar surface area (TPSA) is 27.6 Å². The van der Waals surface area contributed by atoms with Crippen LogP contribution >= 0.6 is 11.8 Å². The Bertz CT molecular complexity index is 361. The largest absolute Gasteiger partial charge is 0.359 e. The van der Waals surface area contributed by atoms with Crippen LogP contribution in [0.5, 0.6) is 0 Å². The van der Waals surface area contributed by atoms with E-state index in [1.165, 1.54) is 62.7 Å². The van der Waals surface area contributed by atoms with Crippen LogP contribution in [0.15, 0.2) is 4.99 Å². The van der Waals surface area contributed by atoms with Crippen molar-refractivity contribution in [2.45, 2.75) is 51.5 Å². The minimum absolute atomic E-state index is 0.390. The lowest BCUT2D eigenvalue weighted by atomic mass is 9.78. The average Bonchev–Trinajstić information content (AvgIpc) is 3.08. The first-order valence-electron chi connectivity index (χ1n) is 8.37. The van der Waals surface area contributed by atoms with Crippen LogP contribution in [0.3, 0.4) is 0 Å². The highest BCUT2D eigenvalue weighted by Gasteiger charge is 2.39. The summed E-state index contributed by atoms with van der Waals surface area (Å²) in [5.74, 6) is 2.95. The molecule has 0 radical (unpaired) electrons. The summed E-state index contributed by atoms with van der Waals surface area (Å²) in [4.78, 5) is 7.43. The molecule has 2 heterocycles. The van der Waals surface area contributed by atoms with Crippen molar-refractivity contribution in [3.05, 3.63) is 0 Å². The van der Waals surface area contributed by atoms with Crippen molar-refractivity contribution in [3.63, 3.8) is 0 Å². The Balaban J connectivity index is 1.49. The zero-order chi connectivity index (χ0) is 14.0. The summed E-state index contributed by atoms with van der Waals surface area (Å²) < 4.78 is 0. The van der Waals surface area contributed by atoms with E-state index in [9.17, 15) is 0 Å². The van der Waals surface area contributed by atoms with Crippen LogP contribution in [-0.2, 0) is 0 Å². The summed E-state index contributed by atoms with van der Waals surface area (Å²) in [6, 6.07) is 0. The predicted molar refractivity (Wildman–Crippen MR) is 88.5 cm³/mol. The molecule has 114 valence electrons. The molecule has 1 aliphatic carbocycles. The van der Waals surface area contributed by atoms with E-state index < -0.39 is 0 Å². The van der Waals surface area contributed by atoms with Gasteiger partial charge in [0, 0.05) is 24.4 Å². The van der Waals surface area contributed by atoms with E-state index in [0.717, 1.165) is 18.4 Å². The Morgan fingerprint density at radius 3 is 2.85 bits per heavy atom. The van der Waals surface area contributed by atoms with E-state index in [1.807, 2.05) is 11.8 Å². The van der Waals surface area contributed by atoms with Crippen LogP contribution in [0.2, 0.25) is 0 Å². The fraction of sp³-hybridized carbons (Fsp3) is 0.938. The predicted octanol–water partition coefficient (Wildman–Crippen LogP) is 2.97. The first-order chi connectivity index (χ1) is 9.69. The lowest BCUT2D eigenvalue weighted by molar-refractivity contribution is 0.250. The van der Waals surface area contributed by atoms with Crippen molar-refractivity contribution < 1.29 is 0 Å². The summed E-state index contributed by atoms with van der Waals surface area (Å²) in [6.45, 7) is 9.40. The normalized spacial score (nSPS) is 40.6.